The van der Waals surface area contributed by atoms with Crippen LogP contribution in [0.4, 0.5) is 0 Å². The molecule has 0 unspecified atom stereocenters. The fraction of sp³-hybridized carbons (Fsp3) is 0.909. The summed E-state index contributed by atoms with van der Waals surface area (Å²) in [7, 11) is -2.36. The van der Waals surface area contributed by atoms with E-state index in [2.05, 4.69) is 95.3 Å². The summed E-state index contributed by atoms with van der Waals surface area (Å²) in [5.74, 6) is 0.284. The van der Waals surface area contributed by atoms with Crippen LogP contribution in [0, 0.1) is 11.3 Å². The second-order valence-electron chi connectivity index (χ2n) is 15.2. The molecule has 0 fully saturated rings. The summed E-state index contributed by atoms with van der Waals surface area (Å²) >= 11 is 0. The maximum Gasteiger partial charge on any atom is 0.200 e. The summed E-state index contributed by atoms with van der Waals surface area (Å²) in [6, 6.07) is 0. The second kappa shape index (κ2) is 16.0. The Morgan fingerprint density at radius 1 is 0.900 bits per heavy atom. The van der Waals surface area contributed by atoms with Gasteiger partial charge in [-0.2, -0.15) is 0 Å². The van der Waals surface area contributed by atoms with Gasteiger partial charge < -0.3 is 18.7 Å². The zero-order valence-corrected chi connectivity index (χ0v) is 31.5. The smallest absolute Gasteiger partial charge is 0.200 e. The van der Waals surface area contributed by atoms with Gasteiger partial charge in [-0.3, -0.25) is 4.79 Å². The highest BCUT2D eigenvalue weighted by molar-refractivity contribution is 6.77. The van der Waals surface area contributed by atoms with Crippen LogP contribution in [-0.4, -0.2) is 59.6 Å². The number of carbonyl (C=O) groups excluding carboxylic acids is 1. The number of hydrogen-bond acceptors (Lipinski definition) is 5. The lowest BCUT2D eigenvalue weighted by Crippen LogP contribution is -2.48. The molecule has 0 spiro atoms. The molecule has 0 aromatic heterocycles. The number of ether oxygens (including phenoxy) is 1. The van der Waals surface area contributed by atoms with Gasteiger partial charge in [0.25, 0.3) is 0 Å². The second-order valence-corrected chi connectivity index (χ2v) is 25.4. The number of Topliss-reactive ketones (excluding diaryl/α,β-unsaturated/α-hetero) is 1. The Morgan fingerprint density at radius 2 is 1.38 bits per heavy atom. The fourth-order valence-corrected chi connectivity index (χ4v) is 12.5. The van der Waals surface area contributed by atoms with Crippen molar-refractivity contribution in [1.82, 2.24) is 0 Å². The van der Waals surface area contributed by atoms with Gasteiger partial charge >= 0.3 is 0 Å². The van der Waals surface area contributed by atoms with Crippen molar-refractivity contribution in [2.45, 2.75) is 169 Å². The first-order valence-electron chi connectivity index (χ1n) is 15.7. The van der Waals surface area contributed by atoms with Gasteiger partial charge in [0.15, 0.2) is 16.6 Å². The Hall–Kier alpha value is -0.316. The first kappa shape index (κ1) is 39.7. The van der Waals surface area contributed by atoms with Crippen LogP contribution in [0.1, 0.15) is 116 Å². The normalized spacial score (nSPS) is 17.5. The zero-order valence-electron chi connectivity index (χ0n) is 29.5. The third-order valence-electron chi connectivity index (χ3n) is 10.1. The van der Waals surface area contributed by atoms with Gasteiger partial charge in [0.05, 0.1) is 18.3 Å². The number of hydrogen-bond donors (Lipinski definition) is 1. The lowest BCUT2D eigenvalue weighted by Gasteiger charge is -2.43. The minimum absolute atomic E-state index is 0.0189. The van der Waals surface area contributed by atoms with E-state index in [1.807, 2.05) is 13.8 Å². The molecule has 7 heteroatoms. The van der Waals surface area contributed by atoms with Crippen molar-refractivity contribution in [1.29, 1.82) is 0 Å². The molecule has 0 saturated heterocycles. The molecule has 0 rings (SSSR count). The summed E-state index contributed by atoms with van der Waals surface area (Å²) in [5.41, 5.74) is 2.05. The predicted molar refractivity (Wildman–Crippen MR) is 177 cm³/mol. The van der Waals surface area contributed by atoms with E-state index < -0.39 is 28.2 Å². The topological polar surface area (TPSA) is 65.0 Å². The van der Waals surface area contributed by atoms with E-state index in [1.54, 1.807) is 14.0 Å². The van der Waals surface area contributed by atoms with Crippen LogP contribution in [0.5, 0.6) is 0 Å². The van der Waals surface area contributed by atoms with Crippen molar-refractivity contribution in [2.75, 3.05) is 13.7 Å². The van der Waals surface area contributed by atoms with Gasteiger partial charge in [-0.25, -0.2) is 0 Å². The number of aliphatic hydroxyl groups is 1. The Balaban J connectivity index is 6.24. The third-order valence-corrected chi connectivity index (χ3v) is 20.6. The van der Waals surface area contributed by atoms with Crippen molar-refractivity contribution in [3.05, 3.63) is 11.6 Å². The number of aliphatic hydroxyl groups excluding tert-OH is 1. The number of methoxy groups -OCH3 is 1. The van der Waals surface area contributed by atoms with Gasteiger partial charge in [0, 0.05) is 32.0 Å². The molecular formula is C33H68O5Si2. The number of carbonyl (C=O) groups is 1. The van der Waals surface area contributed by atoms with Gasteiger partial charge in [-0.05, 0) is 66.5 Å². The summed E-state index contributed by atoms with van der Waals surface area (Å²) < 4.78 is 19.9. The van der Waals surface area contributed by atoms with Crippen LogP contribution in [-0.2, 0) is 18.4 Å². The Labute approximate surface area is 251 Å². The zero-order chi connectivity index (χ0) is 31.9. The maximum absolute atomic E-state index is 12.2. The van der Waals surface area contributed by atoms with E-state index in [4.69, 9.17) is 13.6 Å². The van der Waals surface area contributed by atoms with Gasteiger partial charge in [0.2, 0.25) is 0 Å². The Morgan fingerprint density at radius 3 is 1.73 bits per heavy atom. The van der Waals surface area contributed by atoms with Crippen molar-refractivity contribution < 1.29 is 23.5 Å². The lowest BCUT2D eigenvalue weighted by atomic mass is 9.79. The van der Waals surface area contributed by atoms with Crippen molar-refractivity contribution in [3.63, 3.8) is 0 Å². The molecule has 0 amide bonds. The molecule has 0 aliphatic rings. The van der Waals surface area contributed by atoms with Gasteiger partial charge in [0.1, 0.15) is 5.78 Å². The van der Waals surface area contributed by atoms with E-state index in [-0.39, 0.29) is 23.0 Å². The quantitative estimate of drug-likeness (QED) is 0.125. The monoisotopic (exact) mass is 600 g/mol. The number of ketones is 1. The van der Waals surface area contributed by atoms with Gasteiger partial charge in [-0.1, -0.05) is 89.2 Å². The molecule has 0 aromatic rings. The van der Waals surface area contributed by atoms with E-state index >= 15 is 0 Å². The van der Waals surface area contributed by atoms with Crippen molar-refractivity contribution in [2.24, 2.45) is 11.3 Å². The Bertz CT molecular complexity index is 773. The van der Waals surface area contributed by atoms with Crippen LogP contribution in [0.25, 0.3) is 0 Å². The predicted octanol–water partition coefficient (Wildman–Crippen LogP) is 9.31. The maximum atomic E-state index is 12.2. The summed E-state index contributed by atoms with van der Waals surface area (Å²) in [6.45, 7) is 35.7. The highest BCUT2D eigenvalue weighted by atomic mass is 28.4. The Kier molecular flexibility index (Phi) is 15.8. The van der Waals surface area contributed by atoms with Crippen LogP contribution >= 0.6 is 0 Å². The van der Waals surface area contributed by atoms with E-state index in [1.165, 1.54) is 5.57 Å². The molecule has 0 radical (unpaired) electrons. The average molecular weight is 601 g/mol. The van der Waals surface area contributed by atoms with Crippen molar-refractivity contribution in [3.8, 4) is 0 Å². The number of rotatable bonds is 18. The van der Waals surface area contributed by atoms with Crippen LogP contribution in [0.15, 0.2) is 11.6 Å². The lowest BCUT2D eigenvalue weighted by molar-refractivity contribution is -0.132. The largest absolute Gasteiger partial charge is 0.415 e. The molecule has 0 heterocycles. The molecule has 0 aliphatic carbocycles. The highest BCUT2D eigenvalue weighted by Gasteiger charge is 2.45. The van der Waals surface area contributed by atoms with Crippen molar-refractivity contribution >= 4 is 22.4 Å². The van der Waals surface area contributed by atoms with E-state index in [0.29, 0.717) is 35.4 Å². The standard InChI is InChI=1S/C33H68O5Si2/c1-18-28(22-37-40(23(2)3,24(4)5)25(6)7)19-26(8)30(38-39(16,17)32(10,11)12)20-29(36-15)21-31(35)33(13,14)27(9)34/h19,23-25,28-31,35H,18,20-22H2,1-17H3/b26-19-/t28-,29-,30+,31-/m1/s1. The van der Waals surface area contributed by atoms with Crippen LogP contribution < -0.4 is 0 Å². The third kappa shape index (κ3) is 10.4. The summed E-state index contributed by atoms with van der Waals surface area (Å²) in [4.78, 5) is 12.2. The molecule has 0 aliphatic heterocycles. The molecule has 0 bridgehead atoms. The molecule has 1 N–H and O–H groups in total. The van der Waals surface area contributed by atoms with Gasteiger partial charge in [-0.15, -0.1) is 0 Å². The van der Waals surface area contributed by atoms with E-state index in [9.17, 15) is 9.90 Å². The fourth-order valence-electron chi connectivity index (χ4n) is 5.68. The molecule has 40 heavy (non-hydrogen) atoms. The minimum atomic E-state index is -2.10. The van der Waals surface area contributed by atoms with E-state index in [0.717, 1.165) is 13.0 Å². The van der Waals surface area contributed by atoms with Crippen LogP contribution in [0.2, 0.25) is 34.8 Å². The first-order valence-corrected chi connectivity index (χ1v) is 20.8. The molecule has 0 saturated carbocycles. The summed E-state index contributed by atoms with van der Waals surface area (Å²) in [5, 5.41) is 11.0. The van der Waals surface area contributed by atoms with Crippen LogP contribution in [0.3, 0.4) is 0 Å². The molecule has 5 nitrogen and oxygen atoms in total. The molecule has 0 aromatic carbocycles. The highest BCUT2D eigenvalue weighted by Crippen LogP contribution is 2.43. The first-order chi connectivity index (χ1) is 18.0. The molecule has 238 valence electrons. The molecular weight excluding hydrogens is 533 g/mol. The minimum Gasteiger partial charge on any atom is -0.415 e. The average Bonchev–Trinajstić information content (AvgIpc) is 2.80. The summed E-state index contributed by atoms with van der Waals surface area (Å²) in [6.07, 6.45) is 3.25. The molecule has 4 atom stereocenters. The SMILES string of the molecule is CC[C@H](/C=C(/C)[C@H](C[C@H](C[C@@H](O)C(C)(C)C(C)=O)OC)O[Si](C)(C)C(C)(C)C)CO[Si](C(C)C)(C(C)C)C(C)C.